The first-order chi connectivity index (χ1) is 8.88. The molecule has 1 atom stereocenters. The zero-order valence-electron chi connectivity index (χ0n) is 11.4. The van der Waals surface area contributed by atoms with Crippen LogP contribution in [0, 0.1) is 0 Å². The Morgan fingerprint density at radius 3 is 2.68 bits per heavy atom. The Kier molecular flexibility index (Phi) is 4.04. The second kappa shape index (κ2) is 5.41. The Bertz CT molecular complexity index is 470. The number of carbonyl (C=O) groups is 1. The van der Waals surface area contributed by atoms with Crippen LogP contribution in [0.1, 0.15) is 13.8 Å². The fraction of sp³-hybridized carbons (Fsp3) is 0.500. The van der Waals surface area contributed by atoms with E-state index >= 15 is 0 Å². The lowest BCUT2D eigenvalue weighted by molar-refractivity contribution is -0.132. The van der Waals surface area contributed by atoms with Gasteiger partial charge in [-0.05, 0) is 26.0 Å². The van der Waals surface area contributed by atoms with Crippen LogP contribution in [0.4, 0.5) is 0 Å². The summed E-state index contributed by atoms with van der Waals surface area (Å²) in [4.78, 5) is 13.7. The molecule has 2 rings (SSSR count). The van der Waals surface area contributed by atoms with Crippen molar-refractivity contribution < 1.29 is 14.3 Å². The number of likely N-dealkylation sites (N-methyl/N-ethyl adjacent to an activating group) is 1. The minimum absolute atomic E-state index is 0.0231. The van der Waals surface area contributed by atoms with E-state index in [4.69, 9.17) is 9.47 Å². The van der Waals surface area contributed by atoms with Crippen molar-refractivity contribution in [2.75, 3.05) is 20.2 Å². The number of alkyl halides is 1. The normalized spacial score (nSPS) is 18.0. The van der Waals surface area contributed by atoms with E-state index in [1.54, 1.807) is 11.9 Å². The van der Waals surface area contributed by atoms with Crippen LogP contribution in [0.15, 0.2) is 24.3 Å². The number of para-hydroxylation sites is 2. The van der Waals surface area contributed by atoms with Crippen molar-refractivity contribution in [2.24, 2.45) is 0 Å². The first kappa shape index (κ1) is 14.2. The third kappa shape index (κ3) is 3.41. The van der Waals surface area contributed by atoms with Gasteiger partial charge in [0.05, 0.1) is 10.9 Å². The molecular formula is C14H18BrNO3. The summed E-state index contributed by atoms with van der Waals surface area (Å²) in [5, 5.41) is 0. The van der Waals surface area contributed by atoms with Crippen LogP contribution in [0.2, 0.25) is 0 Å². The lowest BCUT2D eigenvalue weighted by Gasteiger charge is -2.31. The number of nitrogens with zero attached hydrogens (tertiary/aromatic N) is 1. The van der Waals surface area contributed by atoms with Crippen molar-refractivity contribution in [3.63, 3.8) is 0 Å². The molecular weight excluding hydrogens is 310 g/mol. The minimum atomic E-state index is -0.560. The number of carbonyl (C=O) groups excluding carboxylic acids is 1. The number of fused-ring (bicyclic) bond motifs is 1. The maximum absolute atomic E-state index is 12.1. The van der Waals surface area contributed by atoms with Crippen LogP contribution in [-0.4, -0.2) is 41.4 Å². The Morgan fingerprint density at radius 1 is 1.42 bits per heavy atom. The quantitative estimate of drug-likeness (QED) is 0.800. The fourth-order valence-corrected chi connectivity index (χ4v) is 2.30. The highest BCUT2D eigenvalue weighted by molar-refractivity contribution is 9.10. The van der Waals surface area contributed by atoms with E-state index in [-0.39, 0.29) is 12.0 Å². The molecule has 1 aromatic rings. The monoisotopic (exact) mass is 327 g/mol. The first-order valence-electron chi connectivity index (χ1n) is 6.21. The third-order valence-electron chi connectivity index (χ3n) is 2.90. The molecule has 5 heteroatoms. The van der Waals surface area contributed by atoms with Crippen LogP contribution in [0.25, 0.3) is 0 Å². The largest absolute Gasteiger partial charge is 0.486 e. The molecule has 1 aromatic carbocycles. The van der Waals surface area contributed by atoms with E-state index in [2.05, 4.69) is 15.9 Å². The Hall–Kier alpha value is -1.23. The average Bonchev–Trinajstić information content (AvgIpc) is 2.36. The number of hydrogen-bond donors (Lipinski definition) is 0. The fourth-order valence-electron chi connectivity index (χ4n) is 2.00. The topological polar surface area (TPSA) is 38.8 Å². The van der Waals surface area contributed by atoms with E-state index in [0.717, 1.165) is 11.5 Å². The van der Waals surface area contributed by atoms with Crippen molar-refractivity contribution in [3.05, 3.63) is 24.3 Å². The molecule has 0 saturated heterocycles. The lowest BCUT2D eigenvalue weighted by atomic mass is 10.2. The molecule has 1 amide bonds. The second-order valence-corrected chi connectivity index (χ2v) is 7.14. The summed E-state index contributed by atoms with van der Waals surface area (Å²) in [5.74, 6) is 1.52. The van der Waals surface area contributed by atoms with E-state index in [0.29, 0.717) is 13.2 Å². The zero-order valence-corrected chi connectivity index (χ0v) is 12.9. The van der Waals surface area contributed by atoms with Gasteiger partial charge in [-0.15, -0.1) is 0 Å². The van der Waals surface area contributed by atoms with Crippen LogP contribution < -0.4 is 9.47 Å². The molecule has 1 aliphatic heterocycles. The molecule has 0 aromatic heterocycles. The molecule has 0 spiro atoms. The van der Waals surface area contributed by atoms with Gasteiger partial charge in [0.2, 0.25) is 5.91 Å². The van der Waals surface area contributed by atoms with E-state index in [1.807, 2.05) is 38.1 Å². The molecule has 19 heavy (non-hydrogen) atoms. The van der Waals surface area contributed by atoms with Crippen molar-refractivity contribution in [1.82, 2.24) is 4.90 Å². The maximum atomic E-state index is 12.1. The van der Waals surface area contributed by atoms with E-state index in [1.165, 1.54) is 0 Å². The predicted molar refractivity (Wildman–Crippen MR) is 77.0 cm³/mol. The van der Waals surface area contributed by atoms with Crippen molar-refractivity contribution in [3.8, 4) is 11.5 Å². The smallest absolute Gasteiger partial charge is 0.238 e. The number of ether oxygens (including phenoxy) is 2. The number of hydrogen-bond acceptors (Lipinski definition) is 3. The average molecular weight is 328 g/mol. The molecule has 0 fully saturated rings. The summed E-state index contributed by atoms with van der Waals surface area (Å²) in [6.45, 7) is 4.62. The van der Waals surface area contributed by atoms with Gasteiger partial charge in [-0.1, -0.05) is 28.1 Å². The Labute approximate surface area is 121 Å². The van der Waals surface area contributed by atoms with Crippen molar-refractivity contribution in [2.45, 2.75) is 24.3 Å². The molecule has 104 valence electrons. The molecule has 0 radical (unpaired) electrons. The second-order valence-electron chi connectivity index (χ2n) is 5.16. The zero-order chi connectivity index (χ0) is 14.0. The van der Waals surface area contributed by atoms with Gasteiger partial charge in [-0.3, -0.25) is 4.79 Å². The number of amides is 1. The summed E-state index contributed by atoms with van der Waals surface area (Å²) in [6.07, 6.45) is -0.140. The van der Waals surface area contributed by atoms with Crippen LogP contribution in [-0.2, 0) is 4.79 Å². The summed E-state index contributed by atoms with van der Waals surface area (Å²) in [6, 6.07) is 7.56. The number of benzene rings is 1. The molecule has 4 nitrogen and oxygen atoms in total. The molecule has 0 bridgehead atoms. The lowest BCUT2D eigenvalue weighted by Crippen LogP contribution is -2.46. The summed E-state index contributed by atoms with van der Waals surface area (Å²) >= 11 is 3.37. The molecule has 0 aliphatic carbocycles. The summed E-state index contributed by atoms with van der Waals surface area (Å²) < 4.78 is 10.9. The van der Waals surface area contributed by atoms with Gasteiger partial charge in [-0.25, -0.2) is 0 Å². The standard InChI is InChI=1S/C14H18BrNO3/c1-14(2,15)13(17)16(3)8-10-9-18-11-6-4-5-7-12(11)19-10/h4-7,10H,8-9H2,1-3H3. The first-order valence-corrected chi connectivity index (χ1v) is 7.00. The third-order valence-corrected chi connectivity index (χ3v) is 3.24. The minimum Gasteiger partial charge on any atom is -0.486 e. The molecule has 0 saturated carbocycles. The molecule has 0 N–H and O–H groups in total. The SMILES string of the molecule is CN(CC1COc2ccccc2O1)C(=O)C(C)(C)Br. The summed E-state index contributed by atoms with van der Waals surface area (Å²) in [7, 11) is 1.77. The predicted octanol–water partition coefficient (Wildman–Crippen LogP) is 2.46. The summed E-state index contributed by atoms with van der Waals surface area (Å²) in [5.41, 5.74) is 0. The maximum Gasteiger partial charge on any atom is 0.238 e. The van der Waals surface area contributed by atoms with Crippen LogP contribution in [0.3, 0.4) is 0 Å². The molecule has 1 aliphatic rings. The highest BCUT2D eigenvalue weighted by atomic mass is 79.9. The van der Waals surface area contributed by atoms with Crippen LogP contribution >= 0.6 is 15.9 Å². The van der Waals surface area contributed by atoms with Gasteiger partial charge >= 0.3 is 0 Å². The highest BCUT2D eigenvalue weighted by Crippen LogP contribution is 2.31. The van der Waals surface area contributed by atoms with Gasteiger partial charge < -0.3 is 14.4 Å². The van der Waals surface area contributed by atoms with Gasteiger partial charge in [0.1, 0.15) is 6.61 Å². The van der Waals surface area contributed by atoms with Gasteiger partial charge in [0, 0.05) is 7.05 Å². The number of rotatable bonds is 3. The van der Waals surface area contributed by atoms with Crippen molar-refractivity contribution >= 4 is 21.8 Å². The highest BCUT2D eigenvalue weighted by Gasteiger charge is 2.30. The van der Waals surface area contributed by atoms with E-state index in [9.17, 15) is 4.79 Å². The number of halogens is 1. The molecule has 1 unspecified atom stereocenters. The Morgan fingerprint density at radius 2 is 2.05 bits per heavy atom. The van der Waals surface area contributed by atoms with Gasteiger partial charge in [-0.2, -0.15) is 0 Å². The Balaban J connectivity index is 1.97. The van der Waals surface area contributed by atoms with Crippen molar-refractivity contribution in [1.29, 1.82) is 0 Å². The van der Waals surface area contributed by atoms with E-state index < -0.39 is 4.32 Å². The van der Waals surface area contributed by atoms with Gasteiger partial charge in [0.15, 0.2) is 17.6 Å². The van der Waals surface area contributed by atoms with Gasteiger partial charge in [0.25, 0.3) is 0 Å². The van der Waals surface area contributed by atoms with Crippen LogP contribution in [0.5, 0.6) is 11.5 Å². The molecule has 1 heterocycles.